The van der Waals surface area contributed by atoms with Gasteiger partial charge >= 0.3 is 0 Å². The van der Waals surface area contributed by atoms with Crippen molar-refractivity contribution in [2.75, 3.05) is 0 Å². The number of hydrogen-bond donors (Lipinski definition) is 0. The van der Waals surface area contributed by atoms with E-state index in [1.54, 1.807) is 0 Å². The average Bonchev–Trinajstić information content (AvgIpc) is 2.17. The summed E-state index contributed by atoms with van der Waals surface area (Å²) in [5, 5.41) is 0.191. The predicted octanol–water partition coefficient (Wildman–Crippen LogP) is 0.245. The van der Waals surface area contributed by atoms with Gasteiger partial charge in [0.2, 0.25) is 12.8 Å². The standard InChI is InChI=1S/C7H6ClN3O2/c8-7-6(9-1-2-10-7)3-11(4-12)5-13/h1-2,4-5H,3H2. The van der Waals surface area contributed by atoms with Crippen LogP contribution < -0.4 is 0 Å². The summed E-state index contributed by atoms with van der Waals surface area (Å²) in [5.41, 5.74) is 0.392. The first-order chi connectivity index (χ1) is 6.27. The van der Waals surface area contributed by atoms with E-state index in [-0.39, 0.29) is 11.7 Å². The van der Waals surface area contributed by atoms with E-state index in [1.807, 2.05) is 0 Å². The monoisotopic (exact) mass is 199 g/mol. The number of amides is 2. The molecule has 1 aromatic rings. The predicted molar refractivity (Wildman–Crippen MR) is 44.7 cm³/mol. The molecule has 0 aliphatic heterocycles. The molecule has 0 saturated carbocycles. The van der Waals surface area contributed by atoms with Gasteiger partial charge in [0.05, 0.1) is 12.2 Å². The molecule has 5 nitrogen and oxygen atoms in total. The Morgan fingerprint density at radius 1 is 1.31 bits per heavy atom. The van der Waals surface area contributed by atoms with Crippen LogP contribution in [0.25, 0.3) is 0 Å². The summed E-state index contributed by atoms with van der Waals surface area (Å²) in [5.74, 6) is 0. The first-order valence-corrected chi connectivity index (χ1v) is 3.77. The Kier molecular flexibility index (Phi) is 3.33. The van der Waals surface area contributed by atoms with Crippen LogP contribution in [0, 0.1) is 0 Å². The molecule has 0 aromatic carbocycles. The van der Waals surface area contributed by atoms with Gasteiger partial charge in [0.1, 0.15) is 0 Å². The normalized spacial score (nSPS) is 9.31. The quantitative estimate of drug-likeness (QED) is 0.652. The number of nitrogens with zero attached hydrogens (tertiary/aromatic N) is 3. The van der Waals surface area contributed by atoms with E-state index >= 15 is 0 Å². The highest BCUT2D eigenvalue weighted by Crippen LogP contribution is 2.09. The molecule has 1 heterocycles. The Morgan fingerprint density at radius 3 is 2.46 bits per heavy atom. The number of halogens is 1. The second-order valence-electron chi connectivity index (χ2n) is 2.18. The van der Waals surface area contributed by atoms with Gasteiger partial charge in [-0.3, -0.25) is 19.5 Å². The Labute approximate surface area is 79.4 Å². The van der Waals surface area contributed by atoms with E-state index in [4.69, 9.17) is 11.6 Å². The minimum atomic E-state index is 0.0413. The molecule has 2 amide bonds. The van der Waals surface area contributed by atoms with Crippen molar-refractivity contribution in [2.24, 2.45) is 0 Å². The number of carbonyl (C=O) groups excluding carboxylic acids is 2. The highest BCUT2D eigenvalue weighted by molar-refractivity contribution is 6.29. The molecule has 0 aliphatic carbocycles. The van der Waals surface area contributed by atoms with Crippen LogP contribution in [0.4, 0.5) is 0 Å². The third kappa shape index (κ3) is 2.48. The Balaban J connectivity index is 2.78. The van der Waals surface area contributed by atoms with E-state index in [2.05, 4.69) is 9.97 Å². The fourth-order valence-electron chi connectivity index (χ4n) is 0.728. The van der Waals surface area contributed by atoms with Crippen LogP contribution in [0.5, 0.6) is 0 Å². The van der Waals surface area contributed by atoms with Gasteiger partial charge in [0.25, 0.3) is 0 Å². The molecule has 1 rings (SSSR count). The van der Waals surface area contributed by atoms with E-state index in [1.165, 1.54) is 12.4 Å². The van der Waals surface area contributed by atoms with Crippen molar-refractivity contribution in [1.82, 2.24) is 14.9 Å². The number of carbonyl (C=O) groups is 2. The van der Waals surface area contributed by atoms with Gasteiger partial charge in [-0.2, -0.15) is 0 Å². The van der Waals surface area contributed by atoms with Crippen LogP contribution in [0.15, 0.2) is 12.4 Å². The number of rotatable bonds is 4. The van der Waals surface area contributed by atoms with Crippen molar-refractivity contribution in [2.45, 2.75) is 6.54 Å². The smallest absolute Gasteiger partial charge is 0.216 e. The summed E-state index contributed by atoms with van der Waals surface area (Å²) in [6.07, 6.45) is 3.67. The summed E-state index contributed by atoms with van der Waals surface area (Å²) in [7, 11) is 0. The summed E-state index contributed by atoms with van der Waals surface area (Å²) >= 11 is 5.65. The van der Waals surface area contributed by atoms with Gasteiger partial charge in [-0.25, -0.2) is 4.98 Å². The van der Waals surface area contributed by atoms with Gasteiger partial charge in [-0.05, 0) is 0 Å². The highest BCUT2D eigenvalue weighted by atomic mass is 35.5. The number of hydrogen-bond acceptors (Lipinski definition) is 4. The fourth-order valence-corrected chi connectivity index (χ4v) is 0.893. The van der Waals surface area contributed by atoms with E-state index in [0.29, 0.717) is 18.5 Å². The topological polar surface area (TPSA) is 63.2 Å². The first kappa shape index (κ1) is 9.60. The van der Waals surface area contributed by atoms with Crippen molar-refractivity contribution in [3.8, 4) is 0 Å². The van der Waals surface area contributed by atoms with Crippen LogP contribution in [-0.2, 0) is 16.1 Å². The second kappa shape index (κ2) is 4.51. The summed E-state index contributed by atoms with van der Waals surface area (Å²) in [4.78, 5) is 29.0. The van der Waals surface area contributed by atoms with Gasteiger partial charge in [0, 0.05) is 12.4 Å². The molecule has 0 atom stereocenters. The lowest BCUT2D eigenvalue weighted by atomic mass is 10.4. The fraction of sp³-hybridized carbons (Fsp3) is 0.143. The lowest BCUT2D eigenvalue weighted by Crippen LogP contribution is -2.20. The van der Waals surface area contributed by atoms with E-state index in [0.717, 1.165) is 4.90 Å². The third-order valence-electron chi connectivity index (χ3n) is 1.33. The molecule has 0 unspecified atom stereocenters. The van der Waals surface area contributed by atoms with Crippen LogP contribution in [0.3, 0.4) is 0 Å². The average molecular weight is 200 g/mol. The first-order valence-electron chi connectivity index (χ1n) is 3.39. The van der Waals surface area contributed by atoms with Crippen molar-refractivity contribution in [3.05, 3.63) is 23.2 Å². The number of imide groups is 1. The Morgan fingerprint density at radius 2 is 1.92 bits per heavy atom. The van der Waals surface area contributed by atoms with Gasteiger partial charge in [-0.1, -0.05) is 11.6 Å². The third-order valence-corrected chi connectivity index (χ3v) is 1.64. The highest BCUT2D eigenvalue weighted by Gasteiger charge is 2.06. The largest absolute Gasteiger partial charge is 0.282 e. The lowest BCUT2D eigenvalue weighted by Gasteiger charge is -2.07. The molecule has 0 radical (unpaired) electrons. The second-order valence-corrected chi connectivity index (χ2v) is 2.54. The van der Waals surface area contributed by atoms with Crippen molar-refractivity contribution in [1.29, 1.82) is 0 Å². The maximum atomic E-state index is 10.3. The zero-order chi connectivity index (χ0) is 9.68. The Bertz CT molecular complexity index is 310. The van der Waals surface area contributed by atoms with E-state index in [9.17, 15) is 9.59 Å². The molecular formula is C7H6ClN3O2. The maximum absolute atomic E-state index is 10.3. The molecule has 13 heavy (non-hydrogen) atoms. The van der Waals surface area contributed by atoms with Crippen molar-refractivity contribution in [3.63, 3.8) is 0 Å². The summed E-state index contributed by atoms with van der Waals surface area (Å²) in [6, 6.07) is 0. The zero-order valence-electron chi connectivity index (χ0n) is 6.55. The molecule has 0 spiro atoms. The van der Waals surface area contributed by atoms with Crippen molar-refractivity contribution < 1.29 is 9.59 Å². The molecule has 6 heteroatoms. The molecule has 68 valence electrons. The van der Waals surface area contributed by atoms with Crippen LogP contribution in [-0.4, -0.2) is 27.7 Å². The minimum absolute atomic E-state index is 0.0413. The summed E-state index contributed by atoms with van der Waals surface area (Å²) < 4.78 is 0. The molecule has 0 bridgehead atoms. The molecule has 1 aromatic heterocycles. The molecular weight excluding hydrogens is 194 g/mol. The molecule has 0 fully saturated rings. The van der Waals surface area contributed by atoms with E-state index < -0.39 is 0 Å². The van der Waals surface area contributed by atoms with Gasteiger partial charge in [-0.15, -0.1) is 0 Å². The SMILES string of the molecule is O=CN(C=O)Cc1nccnc1Cl. The van der Waals surface area contributed by atoms with Crippen molar-refractivity contribution >= 4 is 24.4 Å². The van der Waals surface area contributed by atoms with Gasteiger partial charge < -0.3 is 0 Å². The maximum Gasteiger partial charge on any atom is 0.216 e. The minimum Gasteiger partial charge on any atom is -0.282 e. The van der Waals surface area contributed by atoms with Crippen LogP contribution >= 0.6 is 11.6 Å². The molecule has 0 N–H and O–H groups in total. The van der Waals surface area contributed by atoms with Gasteiger partial charge in [0.15, 0.2) is 5.15 Å². The molecule has 0 saturated heterocycles. The molecule has 0 aliphatic rings. The Hall–Kier alpha value is -1.49. The zero-order valence-corrected chi connectivity index (χ0v) is 7.31. The van der Waals surface area contributed by atoms with Crippen LogP contribution in [0.1, 0.15) is 5.69 Å². The number of aromatic nitrogens is 2. The van der Waals surface area contributed by atoms with Crippen LogP contribution in [0.2, 0.25) is 5.15 Å². The summed E-state index contributed by atoms with van der Waals surface area (Å²) in [6.45, 7) is 0.0413. The lowest BCUT2D eigenvalue weighted by molar-refractivity contribution is -0.129.